The van der Waals surface area contributed by atoms with Gasteiger partial charge in [0.25, 0.3) is 15.9 Å². The van der Waals surface area contributed by atoms with Crippen LogP contribution in [0.4, 0.5) is 11.4 Å². The molecule has 166 valence electrons. The number of fused-ring (bicyclic) bond motifs is 1. The Hall–Kier alpha value is -3.32. The third-order valence-corrected chi connectivity index (χ3v) is 7.46. The van der Waals surface area contributed by atoms with Crippen LogP contribution in [0, 0.1) is 6.92 Å². The molecule has 1 N–H and O–H groups in total. The molecule has 3 aromatic rings. The Balaban J connectivity index is 1.41. The van der Waals surface area contributed by atoms with E-state index in [9.17, 15) is 13.2 Å². The highest BCUT2D eigenvalue weighted by atomic mass is 32.2. The fourth-order valence-electron chi connectivity index (χ4n) is 3.92. The van der Waals surface area contributed by atoms with Crippen molar-refractivity contribution in [3.8, 4) is 5.75 Å². The molecule has 0 bridgehead atoms. The lowest BCUT2D eigenvalue weighted by Crippen LogP contribution is -2.29. The highest BCUT2D eigenvalue weighted by Crippen LogP contribution is 2.33. The summed E-state index contributed by atoms with van der Waals surface area (Å²) < 4.78 is 33.2. The van der Waals surface area contributed by atoms with Crippen molar-refractivity contribution in [1.82, 2.24) is 0 Å². The molecule has 1 aliphatic heterocycles. The van der Waals surface area contributed by atoms with Gasteiger partial charge in [-0.05, 0) is 66.8 Å². The number of nitrogens with zero attached hydrogens (tertiary/aromatic N) is 1. The van der Waals surface area contributed by atoms with Crippen molar-refractivity contribution in [2.45, 2.75) is 31.6 Å². The molecule has 0 saturated carbocycles. The first-order valence-corrected chi connectivity index (χ1v) is 12.1. The van der Waals surface area contributed by atoms with E-state index in [1.165, 1.54) is 16.4 Å². The maximum Gasteiger partial charge on any atom is 0.264 e. The summed E-state index contributed by atoms with van der Waals surface area (Å²) in [6.45, 7) is 4.26. The van der Waals surface area contributed by atoms with E-state index in [0.717, 1.165) is 34.5 Å². The van der Waals surface area contributed by atoms with Crippen LogP contribution in [0.2, 0.25) is 0 Å². The molecule has 7 heteroatoms. The first-order valence-electron chi connectivity index (χ1n) is 10.6. The second kappa shape index (κ2) is 9.04. The topological polar surface area (TPSA) is 75.7 Å². The summed E-state index contributed by atoms with van der Waals surface area (Å²) in [7, 11) is -3.65. The summed E-state index contributed by atoms with van der Waals surface area (Å²) in [6.07, 6.45) is 1.52. The third-order valence-electron chi connectivity index (χ3n) is 5.63. The van der Waals surface area contributed by atoms with Crippen LogP contribution in [-0.4, -0.2) is 27.5 Å². The van der Waals surface area contributed by atoms with Crippen LogP contribution >= 0.6 is 0 Å². The fourth-order valence-corrected chi connectivity index (χ4v) is 5.42. The number of amides is 1. The van der Waals surface area contributed by atoms with E-state index < -0.39 is 10.0 Å². The predicted octanol–water partition coefficient (Wildman–Crippen LogP) is 4.33. The summed E-state index contributed by atoms with van der Waals surface area (Å²) in [5.74, 6) is 0.167. The van der Waals surface area contributed by atoms with Gasteiger partial charge in [0.15, 0.2) is 6.61 Å². The molecule has 1 amide bonds. The number of hydrogen-bond donors (Lipinski definition) is 1. The number of sulfonamides is 1. The van der Waals surface area contributed by atoms with E-state index in [0.29, 0.717) is 18.7 Å². The van der Waals surface area contributed by atoms with Crippen LogP contribution in [0.1, 0.15) is 23.6 Å². The minimum Gasteiger partial charge on any atom is -0.484 e. The number of benzene rings is 3. The maximum absolute atomic E-state index is 13.1. The van der Waals surface area contributed by atoms with E-state index in [4.69, 9.17) is 4.74 Å². The van der Waals surface area contributed by atoms with Gasteiger partial charge in [0.1, 0.15) is 5.75 Å². The van der Waals surface area contributed by atoms with Crippen molar-refractivity contribution in [2.24, 2.45) is 0 Å². The van der Waals surface area contributed by atoms with Crippen molar-refractivity contribution >= 4 is 27.3 Å². The quantitative estimate of drug-likeness (QED) is 0.582. The Morgan fingerprint density at radius 1 is 1.03 bits per heavy atom. The van der Waals surface area contributed by atoms with E-state index in [-0.39, 0.29) is 17.4 Å². The standard InChI is InChI=1S/C25H26N2O4S/c1-3-19-9-6-7-18(2)25(19)26-24(28)17-31-21-11-13-22(14-12-21)32(29,30)27-16-15-20-8-4-5-10-23(20)27/h4-14H,3,15-17H2,1-2H3,(H,26,28). The molecule has 0 atom stereocenters. The molecule has 3 aromatic carbocycles. The van der Waals surface area contributed by atoms with E-state index in [1.807, 2.05) is 56.3 Å². The second-order valence-electron chi connectivity index (χ2n) is 7.73. The summed E-state index contributed by atoms with van der Waals surface area (Å²) in [5, 5.41) is 2.92. The Labute approximate surface area is 188 Å². The highest BCUT2D eigenvalue weighted by Gasteiger charge is 2.30. The number of carbonyl (C=O) groups is 1. The number of carbonyl (C=O) groups excluding carboxylic acids is 1. The molecule has 0 unspecified atom stereocenters. The van der Waals surface area contributed by atoms with Crippen molar-refractivity contribution in [3.05, 3.63) is 83.4 Å². The van der Waals surface area contributed by atoms with Crippen molar-refractivity contribution < 1.29 is 17.9 Å². The fraction of sp³-hybridized carbons (Fsp3) is 0.240. The van der Waals surface area contributed by atoms with Gasteiger partial charge in [-0.25, -0.2) is 8.42 Å². The Morgan fingerprint density at radius 2 is 1.78 bits per heavy atom. The zero-order valence-electron chi connectivity index (χ0n) is 18.2. The number of anilines is 2. The number of para-hydroxylation sites is 2. The molecule has 0 spiro atoms. The second-order valence-corrected chi connectivity index (χ2v) is 9.59. The van der Waals surface area contributed by atoms with Crippen molar-refractivity contribution in [1.29, 1.82) is 0 Å². The first kappa shape index (κ1) is 21.9. The molecular weight excluding hydrogens is 424 g/mol. The number of ether oxygens (including phenoxy) is 1. The van der Waals surface area contributed by atoms with Crippen LogP contribution < -0.4 is 14.4 Å². The van der Waals surface area contributed by atoms with E-state index in [1.54, 1.807) is 12.1 Å². The minimum absolute atomic E-state index is 0.164. The Morgan fingerprint density at radius 3 is 2.53 bits per heavy atom. The molecule has 32 heavy (non-hydrogen) atoms. The van der Waals surface area contributed by atoms with Gasteiger partial charge in [0.05, 0.1) is 10.6 Å². The van der Waals surface area contributed by atoms with Gasteiger partial charge in [-0.2, -0.15) is 0 Å². The lowest BCUT2D eigenvalue weighted by Gasteiger charge is -2.19. The Bertz CT molecular complexity index is 1240. The average molecular weight is 451 g/mol. The van der Waals surface area contributed by atoms with E-state index >= 15 is 0 Å². The highest BCUT2D eigenvalue weighted by molar-refractivity contribution is 7.92. The third kappa shape index (κ3) is 4.34. The van der Waals surface area contributed by atoms with Crippen molar-refractivity contribution in [3.63, 3.8) is 0 Å². The van der Waals surface area contributed by atoms with Crippen LogP contribution in [0.25, 0.3) is 0 Å². The number of rotatable bonds is 7. The average Bonchev–Trinajstić information content (AvgIpc) is 3.24. The van der Waals surface area contributed by atoms with Crippen LogP contribution in [0.3, 0.4) is 0 Å². The van der Waals surface area contributed by atoms with Gasteiger partial charge < -0.3 is 10.1 Å². The number of hydrogen-bond acceptors (Lipinski definition) is 4. The summed E-state index contributed by atoms with van der Waals surface area (Å²) in [6, 6.07) is 19.6. The van der Waals surface area contributed by atoms with Gasteiger partial charge in [-0.15, -0.1) is 0 Å². The number of nitrogens with one attached hydrogen (secondary N) is 1. The lowest BCUT2D eigenvalue weighted by molar-refractivity contribution is -0.118. The van der Waals surface area contributed by atoms with Gasteiger partial charge in [-0.3, -0.25) is 9.10 Å². The molecule has 0 fully saturated rings. The number of aryl methyl sites for hydroxylation is 2. The minimum atomic E-state index is -3.65. The van der Waals surface area contributed by atoms with E-state index in [2.05, 4.69) is 5.32 Å². The molecule has 0 saturated heterocycles. The Kier molecular flexibility index (Phi) is 6.19. The van der Waals surface area contributed by atoms with Gasteiger partial charge >= 0.3 is 0 Å². The SMILES string of the molecule is CCc1cccc(C)c1NC(=O)COc1ccc(S(=O)(=O)N2CCc3ccccc32)cc1. The largest absolute Gasteiger partial charge is 0.484 e. The molecule has 0 aliphatic carbocycles. The van der Waals surface area contributed by atoms with Gasteiger partial charge in [-0.1, -0.05) is 43.3 Å². The molecule has 1 aliphatic rings. The normalized spacial score (nSPS) is 13.0. The summed E-state index contributed by atoms with van der Waals surface area (Å²) in [4.78, 5) is 12.6. The first-order chi connectivity index (χ1) is 15.4. The smallest absolute Gasteiger partial charge is 0.264 e. The van der Waals surface area contributed by atoms with Crippen LogP contribution in [0.5, 0.6) is 5.75 Å². The molecule has 0 radical (unpaired) electrons. The molecule has 0 aromatic heterocycles. The van der Waals surface area contributed by atoms with Crippen LogP contribution in [-0.2, 0) is 27.7 Å². The summed E-state index contributed by atoms with van der Waals surface area (Å²) in [5.41, 5.74) is 4.64. The predicted molar refractivity (Wildman–Crippen MR) is 126 cm³/mol. The molecular formula is C25H26N2O4S. The van der Waals surface area contributed by atoms with Crippen molar-refractivity contribution in [2.75, 3.05) is 22.8 Å². The van der Waals surface area contributed by atoms with Gasteiger partial charge in [0, 0.05) is 12.2 Å². The van der Waals surface area contributed by atoms with Gasteiger partial charge in [0.2, 0.25) is 0 Å². The van der Waals surface area contributed by atoms with Crippen LogP contribution in [0.15, 0.2) is 71.6 Å². The zero-order valence-corrected chi connectivity index (χ0v) is 19.0. The molecule has 4 rings (SSSR count). The maximum atomic E-state index is 13.1. The lowest BCUT2D eigenvalue weighted by atomic mass is 10.1. The zero-order chi connectivity index (χ0) is 22.7. The molecule has 6 nitrogen and oxygen atoms in total. The summed E-state index contributed by atoms with van der Waals surface area (Å²) >= 11 is 0. The monoisotopic (exact) mass is 450 g/mol. The molecule has 1 heterocycles.